The van der Waals surface area contributed by atoms with Crippen molar-refractivity contribution in [2.75, 3.05) is 6.54 Å². The zero-order valence-corrected chi connectivity index (χ0v) is 14.0. The molecule has 0 aliphatic carbocycles. The number of halogens is 3. The highest BCUT2D eigenvalue weighted by Gasteiger charge is 2.21. The highest BCUT2D eigenvalue weighted by atomic mass is 19.3. The SMILES string of the molecule is CCCCNC(=O)c1cnn2c(C(F)F)cc(-c3ccc(F)cc3)nc12. The van der Waals surface area contributed by atoms with Gasteiger partial charge in [-0.05, 0) is 36.8 Å². The molecule has 0 unspecified atom stereocenters. The van der Waals surface area contributed by atoms with E-state index in [9.17, 15) is 18.0 Å². The van der Waals surface area contributed by atoms with Gasteiger partial charge in [0, 0.05) is 12.1 Å². The van der Waals surface area contributed by atoms with Crippen LogP contribution < -0.4 is 5.32 Å². The van der Waals surface area contributed by atoms with Crippen LogP contribution in [0, 0.1) is 5.82 Å². The standard InChI is InChI=1S/C18H17F3N4O/c1-2-3-8-22-18(26)13-10-23-25-15(16(20)21)9-14(24-17(13)25)11-4-6-12(19)7-5-11/h4-7,9-10,16H,2-3,8H2,1H3,(H,22,26). The van der Waals surface area contributed by atoms with Gasteiger partial charge in [0.05, 0.1) is 11.9 Å². The lowest BCUT2D eigenvalue weighted by Gasteiger charge is -2.09. The van der Waals surface area contributed by atoms with Crippen molar-refractivity contribution in [1.82, 2.24) is 19.9 Å². The number of carbonyl (C=O) groups is 1. The molecule has 0 saturated carbocycles. The summed E-state index contributed by atoms with van der Waals surface area (Å²) in [5.74, 6) is -0.860. The van der Waals surface area contributed by atoms with E-state index in [1.54, 1.807) is 0 Å². The molecule has 0 radical (unpaired) electrons. The van der Waals surface area contributed by atoms with Crippen molar-refractivity contribution < 1.29 is 18.0 Å². The molecule has 0 atom stereocenters. The molecule has 8 heteroatoms. The second kappa shape index (κ2) is 7.55. The van der Waals surface area contributed by atoms with Crippen LogP contribution in [0.5, 0.6) is 0 Å². The van der Waals surface area contributed by atoms with Crippen LogP contribution in [-0.2, 0) is 0 Å². The number of rotatable bonds is 6. The van der Waals surface area contributed by atoms with Crippen LogP contribution in [0.2, 0.25) is 0 Å². The largest absolute Gasteiger partial charge is 0.352 e. The van der Waals surface area contributed by atoms with Crippen LogP contribution in [0.15, 0.2) is 36.5 Å². The molecule has 0 fully saturated rings. The van der Waals surface area contributed by atoms with E-state index in [-0.39, 0.29) is 22.6 Å². The van der Waals surface area contributed by atoms with Crippen molar-refractivity contribution in [2.45, 2.75) is 26.2 Å². The lowest BCUT2D eigenvalue weighted by atomic mass is 10.1. The van der Waals surface area contributed by atoms with Gasteiger partial charge in [-0.25, -0.2) is 22.7 Å². The molecule has 5 nitrogen and oxygen atoms in total. The molecule has 26 heavy (non-hydrogen) atoms. The third kappa shape index (κ3) is 3.54. The third-order valence-electron chi connectivity index (χ3n) is 3.92. The molecule has 2 aromatic heterocycles. The van der Waals surface area contributed by atoms with Gasteiger partial charge in [-0.1, -0.05) is 13.3 Å². The van der Waals surface area contributed by atoms with Crippen molar-refractivity contribution in [3.63, 3.8) is 0 Å². The lowest BCUT2D eigenvalue weighted by Crippen LogP contribution is -2.24. The maximum Gasteiger partial charge on any atom is 0.280 e. The van der Waals surface area contributed by atoms with Crippen LogP contribution in [0.1, 0.15) is 42.2 Å². The average molecular weight is 362 g/mol. The molecule has 1 N–H and O–H groups in total. The molecule has 3 rings (SSSR count). The van der Waals surface area contributed by atoms with Crippen molar-refractivity contribution >= 4 is 11.6 Å². The van der Waals surface area contributed by atoms with E-state index in [0.29, 0.717) is 12.1 Å². The molecule has 0 bridgehead atoms. The Kier molecular flexibility index (Phi) is 5.20. The van der Waals surface area contributed by atoms with Gasteiger partial charge < -0.3 is 5.32 Å². The van der Waals surface area contributed by atoms with Gasteiger partial charge in [0.15, 0.2) is 5.65 Å². The first-order chi connectivity index (χ1) is 12.5. The molecule has 1 aromatic carbocycles. The molecule has 0 aliphatic heterocycles. The van der Waals surface area contributed by atoms with Gasteiger partial charge in [-0.3, -0.25) is 4.79 Å². The van der Waals surface area contributed by atoms with Gasteiger partial charge in [0.1, 0.15) is 17.1 Å². The van der Waals surface area contributed by atoms with Gasteiger partial charge >= 0.3 is 0 Å². The number of amides is 1. The molecule has 0 saturated heterocycles. The zero-order valence-electron chi connectivity index (χ0n) is 14.0. The number of carbonyl (C=O) groups excluding carboxylic acids is 1. The number of aromatic nitrogens is 3. The summed E-state index contributed by atoms with van der Waals surface area (Å²) in [4.78, 5) is 16.6. The van der Waals surface area contributed by atoms with E-state index in [4.69, 9.17) is 0 Å². The Morgan fingerprint density at radius 3 is 2.65 bits per heavy atom. The Balaban J connectivity index is 2.09. The fraction of sp³-hybridized carbons (Fsp3) is 0.278. The summed E-state index contributed by atoms with van der Waals surface area (Å²) in [6.07, 6.45) is 0.138. The molecule has 0 aliphatic rings. The van der Waals surface area contributed by atoms with Crippen LogP contribution in [0.25, 0.3) is 16.9 Å². The smallest absolute Gasteiger partial charge is 0.280 e. The first kappa shape index (κ1) is 17.9. The summed E-state index contributed by atoms with van der Waals surface area (Å²) < 4.78 is 41.0. The minimum atomic E-state index is -2.81. The monoisotopic (exact) mass is 362 g/mol. The van der Waals surface area contributed by atoms with E-state index in [1.807, 2.05) is 6.92 Å². The van der Waals surface area contributed by atoms with Crippen molar-refractivity contribution in [2.24, 2.45) is 0 Å². The minimum Gasteiger partial charge on any atom is -0.352 e. The Hall–Kier alpha value is -2.90. The highest BCUT2D eigenvalue weighted by molar-refractivity contribution is 5.99. The van der Waals surface area contributed by atoms with Gasteiger partial charge in [-0.15, -0.1) is 0 Å². The van der Waals surface area contributed by atoms with Gasteiger partial charge in [-0.2, -0.15) is 5.10 Å². The predicted molar refractivity (Wildman–Crippen MR) is 90.6 cm³/mol. The number of fused-ring (bicyclic) bond motifs is 1. The Morgan fingerprint density at radius 1 is 1.27 bits per heavy atom. The maximum atomic E-state index is 13.5. The minimum absolute atomic E-state index is 0.0381. The summed E-state index contributed by atoms with van der Waals surface area (Å²) >= 11 is 0. The molecule has 1 amide bonds. The highest BCUT2D eigenvalue weighted by Crippen LogP contribution is 2.26. The summed E-state index contributed by atoms with van der Waals surface area (Å²) in [6.45, 7) is 2.47. The topological polar surface area (TPSA) is 59.3 Å². The summed E-state index contributed by atoms with van der Waals surface area (Å²) in [5, 5.41) is 6.62. The summed E-state index contributed by atoms with van der Waals surface area (Å²) in [6, 6.07) is 6.52. The second-order valence-electron chi connectivity index (χ2n) is 5.78. The fourth-order valence-corrected chi connectivity index (χ4v) is 2.54. The first-order valence-corrected chi connectivity index (χ1v) is 8.22. The van der Waals surface area contributed by atoms with Gasteiger partial charge in [0.2, 0.25) is 0 Å². The maximum absolute atomic E-state index is 13.5. The first-order valence-electron chi connectivity index (χ1n) is 8.22. The predicted octanol–water partition coefficient (Wildman–Crippen LogP) is 4.00. The normalized spacial score (nSPS) is 11.3. The molecule has 0 spiro atoms. The number of benzene rings is 1. The van der Waals surface area contributed by atoms with Crippen molar-refractivity contribution in [3.05, 3.63) is 53.6 Å². The number of unbranched alkanes of at least 4 members (excludes halogenated alkanes) is 1. The summed E-state index contributed by atoms with van der Waals surface area (Å²) in [5.41, 5.74) is 0.454. The second-order valence-corrected chi connectivity index (χ2v) is 5.78. The number of nitrogens with zero attached hydrogens (tertiary/aromatic N) is 3. The Labute approximate surface area is 147 Å². The van der Waals surface area contributed by atoms with E-state index in [0.717, 1.165) is 17.4 Å². The molecule has 2 heterocycles. The van der Waals surface area contributed by atoms with E-state index in [1.165, 1.54) is 36.5 Å². The molecular formula is C18H17F3N4O. The van der Waals surface area contributed by atoms with Gasteiger partial charge in [0.25, 0.3) is 12.3 Å². The van der Waals surface area contributed by atoms with Crippen molar-refractivity contribution in [3.8, 4) is 11.3 Å². The average Bonchev–Trinajstić information content (AvgIpc) is 3.05. The van der Waals surface area contributed by atoms with Crippen LogP contribution >= 0.6 is 0 Å². The molecular weight excluding hydrogens is 345 g/mol. The molecule has 3 aromatic rings. The third-order valence-corrected chi connectivity index (χ3v) is 3.92. The van der Waals surface area contributed by atoms with E-state index in [2.05, 4.69) is 15.4 Å². The quantitative estimate of drug-likeness (QED) is 0.674. The summed E-state index contributed by atoms with van der Waals surface area (Å²) in [7, 11) is 0. The fourth-order valence-electron chi connectivity index (χ4n) is 2.54. The zero-order chi connectivity index (χ0) is 18.7. The Bertz CT molecular complexity index is 922. The lowest BCUT2D eigenvalue weighted by molar-refractivity contribution is 0.0954. The van der Waals surface area contributed by atoms with Crippen LogP contribution in [0.3, 0.4) is 0 Å². The number of hydrogen-bond acceptors (Lipinski definition) is 3. The van der Waals surface area contributed by atoms with Crippen molar-refractivity contribution in [1.29, 1.82) is 0 Å². The number of alkyl halides is 2. The molecule has 136 valence electrons. The van der Waals surface area contributed by atoms with Crippen LogP contribution in [-0.4, -0.2) is 27.0 Å². The Morgan fingerprint density at radius 2 is 2.00 bits per heavy atom. The van der Waals surface area contributed by atoms with Crippen LogP contribution in [0.4, 0.5) is 13.2 Å². The number of hydrogen-bond donors (Lipinski definition) is 1. The van der Waals surface area contributed by atoms with E-state index >= 15 is 0 Å². The number of nitrogens with one attached hydrogen (secondary N) is 1. The van der Waals surface area contributed by atoms with E-state index < -0.39 is 18.1 Å².